The molecule has 1 heterocycles. The summed E-state index contributed by atoms with van der Waals surface area (Å²) in [4.78, 5) is 4.38. The van der Waals surface area contributed by atoms with Crippen molar-refractivity contribution in [2.24, 2.45) is 0 Å². The van der Waals surface area contributed by atoms with Crippen LogP contribution in [0.2, 0.25) is 0 Å². The van der Waals surface area contributed by atoms with E-state index >= 15 is 0 Å². The molecular formula is C14H16IrN-. The molecule has 2 heteroatoms. The predicted molar refractivity (Wildman–Crippen MR) is 65.6 cm³/mol. The Labute approximate surface area is 111 Å². The van der Waals surface area contributed by atoms with Gasteiger partial charge in [0, 0.05) is 31.9 Å². The minimum absolute atomic E-state index is 0. The van der Waals surface area contributed by atoms with Gasteiger partial charge >= 0.3 is 0 Å². The van der Waals surface area contributed by atoms with Crippen LogP contribution in [0.25, 0.3) is 11.3 Å². The molecule has 0 amide bonds. The molecule has 0 aliphatic rings. The molecule has 0 atom stereocenters. The summed E-state index contributed by atoms with van der Waals surface area (Å²) in [6.45, 7) is 4.14. The van der Waals surface area contributed by atoms with Gasteiger partial charge in [0.05, 0.1) is 5.69 Å². The number of aryl methyl sites for hydroxylation is 2. The first-order valence-corrected chi connectivity index (χ1v) is 4.75. The minimum atomic E-state index is 0. The molecule has 0 aliphatic heterocycles. The van der Waals surface area contributed by atoms with Gasteiger partial charge in [-0.2, -0.15) is 0 Å². The first kappa shape index (κ1) is 15.0. The van der Waals surface area contributed by atoms with Crippen LogP contribution in [-0.4, -0.2) is 4.98 Å². The molecule has 0 unspecified atom stereocenters. The Balaban J connectivity index is 0.00000112. The second kappa shape index (κ2) is 6.57. The van der Waals surface area contributed by atoms with Gasteiger partial charge in [0.2, 0.25) is 0 Å². The Morgan fingerprint density at radius 2 is 1.38 bits per heavy atom. The smallest absolute Gasteiger partial charge is 0.0702 e. The minimum Gasteiger partial charge on any atom is -0.358 e. The Bertz CT molecular complexity index is 374. The molecule has 0 fully saturated rings. The fourth-order valence-corrected chi connectivity index (χ4v) is 1.36. The summed E-state index contributed by atoms with van der Waals surface area (Å²) in [5.74, 6) is 0. The van der Waals surface area contributed by atoms with E-state index in [1.807, 2.05) is 13.1 Å². The van der Waals surface area contributed by atoms with Crippen molar-refractivity contribution in [2.45, 2.75) is 13.8 Å². The largest absolute Gasteiger partial charge is 0.358 e. The number of hydrogen-bond donors (Lipinski definition) is 0. The van der Waals surface area contributed by atoms with Gasteiger partial charge in [0.15, 0.2) is 0 Å². The van der Waals surface area contributed by atoms with Gasteiger partial charge in [-0.3, -0.25) is 4.98 Å². The van der Waals surface area contributed by atoms with E-state index in [0.29, 0.717) is 0 Å². The zero-order valence-corrected chi connectivity index (χ0v) is 12.2. The van der Waals surface area contributed by atoms with Gasteiger partial charge in [0.25, 0.3) is 0 Å². The van der Waals surface area contributed by atoms with Crippen molar-refractivity contribution >= 4 is 0 Å². The first-order chi connectivity index (χ1) is 6.75. The van der Waals surface area contributed by atoms with Crippen LogP contribution in [0.1, 0.15) is 11.1 Å². The number of pyridine rings is 1. The second-order valence-corrected chi connectivity index (χ2v) is 3.59. The van der Waals surface area contributed by atoms with Crippen LogP contribution < -0.4 is 0 Å². The Morgan fingerprint density at radius 3 is 1.88 bits per heavy atom. The second-order valence-electron chi connectivity index (χ2n) is 3.59. The molecule has 0 N–H and O–H groups in total. The van der Waals surface area contributed by atoms with Crippen molar-refractivity contribution in [1.29, 1.82) is 0 Å². The zero-order chi connectivity index (χ0) is 9.97. The summed E-state index contributed by atoms with van der Waals surface area (Å²) in [6, 6.07) is 12.6. The summed E-state index contributed by atoms with van der Waals surface area (Å²) in [6.07, 6.45) is 1.90. The Morgan fingerprint density at radius 1 is 0.812 bits per heavy atom. The third-order valence-corrected chi connectivity index (χ3v) is 2.26. The molecule has 2 aromatic rings. The molecule has 0 spiro atoms. The maximum absolute atomic E-state index is 4.38. The zero-order valence-electron chi connectivity index (χ0n) is 9.82. The van der Waals surface area contributed by atoms with E-state index in [0.717, 1.165) is 5.69 Å². The van der Waals surface area contributed by atoms with Crippen molar-refractivity contribution in [3.63, 3.8) is 0 Å². The van der Waals surface area contributed by atoms with Crippen LogP contribution in [0.4, 0.5) is 0 Å². The summed E-state index contributed by atoms with van der Waals surface area (Å²) in [5, 5.41) is 0. The normalized spacial score (nSPS) is 8.88. The molecule has 16 heavy (non-hydrogen) atoms. The van der Waals surface area contributed by atoms with Crippen LogP contribution in [0.5, 0.6) is 0 Å². The average Bonchev–Trinajstić information content (AvgIpc) is 2.21. The van der Waals surface area contributed by atoms with Gasteiger partial charge in [0.1, 0.15) is 0 Å². The van der Waals surface area contributed by atoms with Crippen LogP contribution in [0.3, 0.4) is 0 Å². The molecule has 1 nitrogen and oxygen atoms in total. The molecule has 1 aromatic heterocycles. The standard InChI is InChI=1S/C13H13N.CH3.Ir/c1-10-3-6-12(7-4-10)13-8-5-11(2)9-14-13;;/h3-9H,1-2H3;1H3;/q;-1;. The topological polar surface area (TPSA) is 12.9 Å². The predicted octanol–water partition coefficient (Wildman–Crippen LogP) is 3.81. The Kier molecular flexibility index (Phi) is 6.17. The number of hydrogen-bond acceptors (Lipinski definition) is 1. The van der Waals surface area contributed by atoms with Crippen molar-refractivity contribution in [2.75, 3.05) is 0 Å². The van der Waals surface area contributed by atoms with Crippen LogP contribution in [0, 0.1) is 21.3 Å². The SMILES string of the molecule is Cc1ccc(-c2ccc(C)cn2)cc1.[CH3-].[Ir]. The molecule has 0 saturated carbocycles. The molecule has 0 saturated heterocycles. The molecular weight excluding hydrogens is 374 g/mol. The average molecular weight is 391 g/mol. The fraction of sp³-hybridized carbons (Fsp3) is 0.143. The molecule has 0 bridgehead atoms. The first-order valence-electron chi connectivity index (χ1n) is 4.75. The van der Waals surface area contributed by atoms with Crippen molar-refractivity contribution in [3.8, 4) is 11.3 Å². The molecule has 1 radical (unpaired) electrons. The summed E-state index contributed by atoms with van der Waals surface area (Å²) < 4.78 is 0. The molecule has 0 aliphatic carbocycles. The van der Waals surface area contributed by atoms with Gasteiger partial charge in [-0.1, -0.05) is 35.9 Å². The van der Waals surface area contributed by atoms with Gasteiger partial charge in [-0.15, -0.1) is 0 Å². The van der Waals surface area contributed by atoms with E-state index in [4.69, 9.17) is 0 Å². The van der Waals surface area contributed by atoms with Crippen molar-refractivity contribution in [1.82, 2.24) is 4.98 Å². The van der Waals surface area contributed by atoms with E-state index in [-0.39, 0.29) is 27.5 Å². The number of aromatic nitrogens is 1. The third kappa shape index (κ3) is 3.55. The summed E-state index contributed by atoms with van der Waals surface area (Å²) >= 11 is 0. The van der Waals surface area contributed by atoms with Gasteiger partial charge < -0.3 is 7.43 Å². The van der Waals surface area contributed by atoms with E-state index in [1.54, 1.807) is 0 Å². The van der Waals surface area contributed by atoms with E-state index < -0.39 is 0 Å². The number of nitrogens with zero attached hydrogens (tertiary/aromatic N) is 1. The Hall–Kier alpha value is -0.981. The van der Waals surface area contributed by atoms with E-state index in [9.17, 15) is 0 Å². The van der Waals surface area contributed by atoms with E-state index in [1.165, 1.54) is 16.7 Å². The van der Waals surface area contributed by atoms with Gasteiger partial charge in [-0.25, -0.2) is 0 Å². The van der Waals surface area contributed by atoms with Crippen molar-refractivity contribution in [3.05, 3.63) is 61.1 Å². The van der Waals surface area contributed by atoms with Gasteiger partial charge in [-0.05, 0) is 25.5 Å². The molecule has 1 aromatic carbocycles. The third-order valence-electron chi connectivity index (χ3n) is 2.26. The van der Waals surface area contributed by atoms with E-state index in [2.05, 4.69) is 48.3 Å². The quantitative estimate of drug-likeness (QED) is 0.675. The maximum Gasteiger partial charge on any atom is 0.0702 e. The fourth-order valence-electron chi connectivity index (χ4n) is 1.36. The van der Waals surface area contributed by atoms with Crippen molar-refractivity contribution < 1.29 is 20.1 Å². The molecule has 87 valence electrons. The summed E-state index contributed by atoms with van der Waals surface area (Å²) in [5.41, 5.74) is 4.69. The monoisotopic (exact) mass is 391 g/mol. The number of benzene rings is 1. The summed E-state index contributed by atoms with van der Waals surface area (Å²) in [7, 11) is 0. The van der Waals surface area contributed by atoms with Crippen LogP contribution >= 0.6 is 0 Å². The van der Waals surface area contributed by atoms with Crippen LogP contribution in [0.15, 0.2) is 42.6 Å². The molecule has 2 rings (SSSR count). The number of rotatable bonds is 1. The maximum atomic E-state index is 4.38. The van der Waals surface area contributed by atoms with Crippen LogP contribution in [-0.2, 0) is 20.1 Å².